The second-order valence-electron chi connectivity index (χ2n) is 17.6. The molecule has 4 aliphatic rings. The molecule has 2 saturated carbocycles. The van der Waals surface area contributed by atoms with Gasteiger partial charge in [0.2, 0.25) is 0 Å². The molecule has 3 aliphatic carbocycles. The highest BCUT2D eigenvalue weighted by Crippen LogP contribution is 2.61. The maximum Gasteiger partial charge on any atom is 0.302 e. The summed E-state index contributed by atoms with van der Waals surface area (Å²) in [5.41, 5.74) is 8.75. The molecular formula is C49H54N2O9S2. The van der Waals surface area contributed by atoms with Crippen LogP contribution in [0.5, 0.6) is 5.75 Å². The number of hydrogen-bond acceptors (Lipinski definition) is 8. The second-order valence-corrected chi connectivity index (χ2v) is 20.4. The molecule has 5 unspecified atom stereocenters. The van der Waals surface area contributed by atoms with E-state index in [1.807, 2.05) is 12.1 Å². The number of benzene rings is 5. The van der Waals surface area contributed by atoms with Crippen LogP contribution in [0.4, 0.5) is 0 Å². The topological polar surface area (TPSA) is 163 Å². The minimum absolute atomic E-state index is 0.0233. The van der Waals surface area contributed by atoms with Crippen molar-refractivity contribution in [2.24, 2.45) is 17.3 Å². The van der Waals surface area contributed by atoms with Crippen LogP contribution in [0.1, 0.15) is 79.8 Å². The van der Waals surface area contributed by atoms with Crippen LogP contribution in [0, 0.1) is 17.3 Å². The van der Waals surface area contributed by atoms with Crippen molar-refractivity contribution in [2.75, 3.05) is 13.6 Å². The van der Waals surface area contributed by atoms with Gasteiger partial charge in [-0.25, -0.2) is 0 Å². The fourth-order valence-electron chi connectivity index (χ4n) is 11.1. The molecule has 2 fully saturated rings. The number of esters is 1. The highest BCUT2D eigenvalue weighted by molar-refractivity contribution is 7.86. The van der Waals surface area contributed by atoms with Gasteiger partial charge in [-0.15, -0.1) is 0 Å². The number of aryl methyl sites for hydroxylation is 1. The predicted molar refractivity (Wildman–Crippen MR) is 239 cm³/mol. The lowest BCUT2D eigenvalue weighted by molar-refractivity contribution is -0.154. The molecule has 2 heterocycles. The minimum Gasteiger partial charge on any atom is -0.508 e. The van der Waals surface area contributed by atoms with Gasteiger partial charge in [0.15, 0.2) is 0 Å². The molecule has 13 heteroatoms. The number of likely N-dealkylation sites (N-methyl/N-ethyl adjacent to an activating group) is 1. The number of phenolic OH excluding ortho intramolecular Hbond substituents is 1. The Balaban J connectivity index is 0.000000129. The Morgan fingerprint density at radius 1 is 0.774 bits per heavy atom. The largest absolute Gasteiger partial charge is 0.508 e. The third-order valence-corrected chi connectivity index (χ3v) is 15.7. The third kappa shape index (κ3) is 8.65. The molecule has 5 atom stereocenters. The van der Waals surface area contributed by atoms with Crippen LogP contribution in [0.25, 0.3) is 21.7 Å². The molecule has 0 bridgehead atoms. The van der Waals surface area contributed by atoms with Gasteiger partial charge in [-0.05, 0) is 116 Å². The van der Waals surface area contributed by atoms with Gasteiger partial charge in [0.1, 0.15) is 21.6 Å². The Labute approximate surface area is 363 Å². The molecule has 326 valence electrons. The van der Waals surface area contributed by atoms with E-state index in [2.05, 4.69) is 84.1 Å². The van der Waals surface area contributed by atoms with Gasteiger partial charge in [0, 0.05) is 65.8 Å². The van der Waals surface area contributed by atoms with Gasteiger partial charge in [0.25, 0.3) is 20.2 Å². The predicted octanol–water partition coefficient (Wildman–Crippen LogP) is 9.19. The molecule has 10 rings (SSSR count). The first kappa shape index (κ1) is 43.6. The molecule has 0 spiro atoms. The summed E-state index contributed by atoms with van der Waals surface area (Å²) in [6.45, 7) is 7.07. The van der Waals surface area contributed by atoms with Crippen molar-refractivity contribution in [1.29, 1.82) is 0 Å². The van der Waals surface area contributed by atoms with Gasteiger partial charge in [-0.1, -0.05) is 85.8 Å². The minimum atomic E-state index is -4.47. The van der Waals surface area contributed by atoms with E-state index in [1.165, 1.54) is 89.3 Å². The fourth-order valence-corrected chi connectivity index (χ4v) is 12.5. The van der Waals surface area contributed by atoms with E-state index in [9.17, 15) is 26.7 Å². The molecule has 1 aliphatic heterocycles. The first-order chi connectivity index (χ1) is 29.5. The van der Waals surface area contributed by atoms with E-state index < -0.39 is 30.0 Å². The maximum absolute atomic E-state index is 11.4. The first-order valence-corrected chi connectivity index (χ1v) is 24.2. The number of phenols is 1. The molecule has 62 heavy (non-hydrogen) atoms. The molecule has 11 nitrogen and oxygen atoms in total. The lowest BCUT2D eigenvalue weighted by Gasteiger charge is -2.50. The van der Waals surface area contributed by atoms with Crippen molar-refractivity contribution in [3.63, 3.8) is 0 Å². The number of aromatic hydroxyl groups is 1. The maximum atomic E-state index is 11.4. The molecule has 3 N–H and O–H groups in total. The number of fused-ring (bicyclic) bond motifs is 9. The molecular weight excluding hydrogens is 825 g/mol. The normalized spacial score (nSPS) is 23.1. The Morgan fingerprint density at radius 3 is 2.08 bits per heavy atom. The number of carbonyl (C=O) groups is 1. The van der Waals surface area contributed by atoms with E-state index in [-0.39, 0.29) is 28.3 Å². The summed E-state index contributed by atoms with van der Waals surface area (Å²) in [7, 11) is -6.72. The Kier molecular flexibility index (Phi) is 12.1. The smallest absolute Gasteiger partial charge is 0.302 e. The van der Waals surface area contributed by atoms with Gasteiger partial charge in [-0.3, -0.25) is 13.9 Å². The number of ether oxygens (including phenoxy) is 1. The highest BCUT2D eigenvalue weighted by Gasteiger charge is 2.56. The summed E-state index contributed by atoms with van der Waals surface area (Å²) in [5.74, 6) is 2.23. The molecule has 0 radical (unpaired) electrons. The van der Waals surface area contributed by atoms with Gasteiger partial charge >= 0.3 is 5.97 Å². The molecule has 5 aromatic carbocycles. The number of rotatable bonds is 5. The second kappa shape index (κ2) is 17.3. The molecule has 1 aromatic heterocycles. The van der Waals surface area contributed by atoms with Crippen LogP contribution < -0.4 is 0 Å². The summed E-state index contributed by atoms with van der Waals surface area (Å²) in [6, 6.07) is 33.1. The van der Waals surface area contributed by atoms with E-state index >= 15 is 0 Å². The first-order valence-electron chi connectivity index (χ1n) is 21.3. The van der Waals surface area contributed by atoms with Crippen molar-refractivity contribution in [2.45, 2.75) is 93.7 Å². The lowest BCUT2D eigenvalue weighted by Crippen LogP contribution is -2.45. The number of para-hydroxylation sites is 1. The Bertz CT molecular complexity index is 2790. The monoisotopic (exact) mass is 878 g/mol. The number of carbonyl (C=O) groups excluding carboxylic acids is 1. The summed E-state index contributed by atoms with van der Waals surface area (Å²) in [6.07, 6.45) is 8.03. The zero-order valence-corrected chi connectivity index (χ0v) is 36.9. The Hall–Kier alpha value is -5.05. The van der Waals surface area contributed by atoms with Crippen LogP contribution in [0.2, 0.25) is 0 Å². The summed E-state index contributed by atoms with van der Waals surface area (Å²) >= 11 is 0. The molecule has 0 saturated heterocycles. The van der Waals surface area contributed by atoms with Crippen LogP contribution in [-0.2, 0) is 55.7 Å². The summed E-state index contributed by atoms with van der Waals surface area (Å²) < 4.78 is 70.9. The van der Waals surface area contributed by atoms with Gasteiger partial charge in [0.05, 0.1) is 0 Å². The van der Waals surface area contributed by atoms with Crippen molar-refractivity contribution in [1.82, 2.24) is 9.47 Å². The molecule has 0 amide bonds. The SMILES string of the molecule is CC(=O)OC1CCC2C3CCc4cc(O)ccc4C3CCC12C.CN1CCc2c(c3ccccc3n2Cc2ccccc2)C1.O=S(=O)(O)c1cccc2c(S(=O)(=O)O)cccc12. The summed E-state index contributed by atoms with van der Waals surface area (Å²) in [4.78, 5) is 13.0. The third-order valence-electron chi connectivity index (χ3n) is 13.9. The van der Waals surface area contributed by atoms with Crippen LogP contribution in [0.3, 0.4) is 0 Å². The van der Waals surface area contributed by atoms with E-state index in [1.54, 1.807) is 0 Å². The van der Waals surface area contributed by atoms with Crippen molar-refractivity contribution in [3.05, 3.63) is 137 Å². The average Bonchev–Trinajstić information content (AvgIpc) is 3.73. The van der Waals surface area contributed by atoms with E-state index in [0.29, 0.717) is 23.5 Å². The number of aromatic nitrogens is 1. The zero-order chi connectivity index (χ0) is 44.0. The Morgan fingerprint density at radius 2 is 1.42 bits per heavy atom. The highest BCUT2D eigenvalue weighted by atomic mass is 32.2. The summed E-state index contributed by atoms with van der Waals surface area (Å²) in [5, 5.41) is 11.2. The van der Waals surface area contributed by atoms with Crippen molar-refractivity contribution >= 4 is 47.9 Å². The number of nitrogens with zero attached hydrogens (tertiary/aromatic N) is 2. The van der Waals surface area contributed by atoms with E-state index in [4.69, 9.17) is 13.8 Å². The van der Waals surface area contributed by atoms with Gasteiger partial charge in [-0.2, -0.15) is 16.8 Å². The van der Waals surface area contributed by atoms with Gasteiger partial charge < -0.3 is 19.3 Å². The average molecular weight is 879 g/mol. The molecule has 6 aromatic rings. The zero-order valence-electron chi connectivity index (χ0n) is 35.3. The van der Waals surface area contributed by atoms with Crippen LogP contribution >= 0.6 is 0 Å². The van der Waals surface area contributed by atoms with Crippen molar-refractivity contribution < 1.29 is 40.6 Å². The van der Waals surface area contributed by atoms with Crippen LogP contribution in [-0.4, -0.2) is 66.2 Å². The number of hydrogen-bond donors (Lipinski definition) is 3. The fraction of sp³-hybridized carbons (Fsp3) is 0.367. The van der Waals surface area contributed by atoms with Crippen molar-refractivity contribution in [3.8, 4) is 5.75 Å². The standard InChI is InChI=1S/C20H26O3.C19H20N2.C10H8O6S2/c1-12(21)23-19-8-7-18-17-5-3-13-11-14(22)4-6-15(13)16(17)9-10-20(18,19)2;1-20-12-11-19-17(14-20)16-9-5-6-10-18(16)21(19)13-15-7-3-2-4-8-15;11-17(12,13)9-5-1-3-7-8(9)4-2-6-10(7)18(14,15)16/h4,6,11,16-19,22H,3,5,7-10H2,1-2H3;2-10H,11-14H2,1H3;1-6H,(H,11,12,13)(H,14,15,16). The van der Waals surface area contributed by atoms with Crippen LogP contribution in [0.15, 0.2) is 119 Å². The quantitative estimate of drug-likeness (QED) is 0.112. The lowest BCUT2D eigenvalue weighted by atomic mass is 9.55. The van der Waals surface area contributed by atoms with E-state index in [0.717, 1.165) is 57.5 Å².